The van der Waals surface area contributed by atoms with E-state index in [0.29, 0.717) is 5.92 Å². The minimum Gasteiger partial charge on any atom is -0.481 e. The lowest BCUT2D eigenvalue weighted by Gasteiger charge is -2.14. The van der Waals surface area contributed by atoms with Gasteiger partial charge in [0.05, 0.1) is 17.6 Å². The first-order chi connectivity index (χ1) is 9.06. The lowest BCUT2D eigenvalue weighted by Crippen LogP contribution is -2.08. The van der Waals surface area contributed by atoms with Crippen molar-refractivity contribution in [1.82, 2.24) is 9.78 Å². The number of carboxylic acids is 1. The minimum atomic E-state index is -0.708. The molecule has 1 heterocycles. The molecule has 0 aliphatic heterocycles. The summed E-state index contributed by atoms with van der Waals surface area (Å²) in [6, 6.07) is 6.25. The van der Waals surface area contributed by atoms with Crippen LogP contribution in [0.1, 0.15) is 36.4 Å². The van der Waals surface area contributed by atoms with Gasteiger partial charge in [0, 0.05) is 12.4 Å². The Labute approximate surface area is 112 Å². The van der Waals surface area contributed by atoms with Crippen LogP contribution < -0.4 is 0 Å². The number of aromatic nitrogens is 2. The summed E-state index contributed by atoms with van der Waals surface area (Å²) in [5, 5.41) is 14.6. The number of hydrogen-bond acceptors (Lipinski definition) is 2. The molecule has 0 amide bonds. The van der Waals surface area contributed by atoms with Crippen LogP contribution in [0.2, 0.25) is 0 Å². The molecule has 1 aromatic carbocycles. The molecule has 0 saturated heterocycles. The van der Waals surface area contributed by atoms with E-state index in [1.807, 2.05) is 18.7 Å². The molecule has 1 atom stereocenters. The molecule has 1 N–H and O–H groups in total. The topological polar surface area (TPSA) is 55.1 Å². The summed E-state index contributed by atoms with van der Waals surface area (Å²) in [6.45, 7) is 2.00. The van der Waals surface area contributed by atoms with Crippen molar-refractivity contribution >= 4 is 16.9 Å². The van der Waals surface area contributed by atoms with Gasteiger partial charge in [-0.1, -0.05) is 6.07 Å². The second kappa shape index (κ2) is 4.37. The molecule has 1 fully saturated rings. The van der Waals surface area contributed by atoms with Crippen molar-refractivity contribution in [2.45, 2.75) is 32.1 Å². The van der Waals surface area contributed by atoms with Gasteiger partial charge in [0.15, 0.2) is 0 Å². The van der Waals surface area contributed by atoms with Gasteiger partial charge in [-0.15, -0.1) is 0 Å². The average Bonchev–Trinajstić information content (AvgIpc) is 3.15. The molecule has 1 aliphatic rings. The third kappa shape index (κ3) is 2.23. The Morgan fingerprint density at radius 3 is 2.89 bits per heavy atom. The molecule has 1 saturated carbocycles. The maximum absolute atomic E-state index is 11.0. The zero-order chi connectivity index (χ0) is 13.6. The van der Waals surface area contributed by atoms with Gasteiger partial charge in [-0.25, -0.2) is 0 Å². The molecule has 1 aliphatic carbocycles. The molecule has 1 aromatic heterocycles. The monoisotopic (exact) mass is 258 g/mol. The molecule has 0 radical (unpaired) electrons. The molecule has 19 heavy (non-hydrogen) atoms. The van der Waals surface area contributed by atoms with Crippen LogP contribution in [-0.4, -0.2) is 20.9 Å². The fourth-order valence-corrected chi connectivity index (χ4v) is 2.93. The SMILES string of the molecule is Cc1nn(C)c2ccc(C(CC(=O)O)C3CC3)cc12. The number of carboxylic acid groups (broad SMARTS) is 1. The number of rotatable bonds is 4. The number of aryl methyl sites for hydroxylation is 2. The molecular formula is C15H18N2O2. The third-order valence-corrected chi connectivity index (χ3v) is 4.07. The van der Waals surface area contributed by atoms with E-state index in [2.05, 4.69) is 23.3 Å². The molecule has 0 bridgehead atoms. The predicted molar refractivity (Wildman–Crippen MR) is 73.2 cm³/mol. The molecular weight excluding hydrogens is 240 g/mol. The highest BCUT2D eigenvalue weighted by atomic mass is 16.4. The van der Waals surface area contributed by atoms with Crippen LogP contribution in [0.4, 0.5) is 0 Å². The normalized spacial score (nSPS) is 16.7. The van der Waals surface area contributed by atoms with Crippen LogP contribution in [0, 0.1) is 12.8 Å². The lowest BCUT2D eigenvalue weighted by molar-refractivity contribution is -0.137. The summed E-state index contributed by atoms with van der Waals surface area (Å²) >= 11 is 0. The fourth-order valence-electron chi connectivity index (χ4n) is 2.93. The van der Waals surface area contributed by atoms with E-state index in [1.165, 1.54) is 0 Å². The third-order valence-electron chi connectivity index (χ3n) is 4.07. The van der Waals surface area contributed by atoms with Crippen molar-refractivity contribution in [2.24, 2.45) is 13.0 Å². The molecule has 0 spiro atoms. The first-order valence-corrected chi connectivity index (χ1v) is 6.71. The Bertz CT molecular complexity index is 641. The minimum absolute atomic E-state index is 0.154. The van der Waals surface area contributed by atoms with Gasteiger partial charge in [0.2, 0.25) is 0 Å². The molecule has 1 unspecified atom stereocenters. The zero-order valence-electron chi connectivity index (χ0n) is 11.3. The molecule has 3 rings (SSSR count). The Morgan fingerprint density at radius 2 is 2.26 bits per heavy atom. The van der Waals surface area contributed by atoms with Crippen LogP contribution in [-0.2, 0) is 11.8 Å². The van der Waals surface area contributed by atoms with E-state index in [9.17, 15) is 4.79 Å². The Kier molecular flexibility index (Phi) is 2.81. The van der Waals surface area contributed by atoms with Crippen LogP contribution in [0.25, 0.3) is 10.9 Å². The number of hydrogen-bond donors (Lipinski definition) is 1. The van der Waals surface area contributed by atoms with Crippen molar-refractivity contribution < 1.29 is 9.90 Å². The summed E-state index contributed by atoms with van der Waals surface area (Å²) < 4.78 is 1.87. The van der Waals surface area contributed by atoms with E-state index in [-0.39, 0.29) is 12.3 Å². The van der Waals surface area contributed by atoms with Crippen molar-refractivity contribution in [2.75, 3.05) is 0 Å². The molecule has 4 nitrogen and oxygen atoms in total. The van der Waals surface area contributed by atoms with Crippen LogP contribution in [0.15, 0.2) is 18.2 Å². The largest absolute Gasteiger partial charge is 0.481 e. The standard InChI is InChI=1S/C15H18N2O2/c1-9-12-7-11(5-6-14(12)17(2)16-9)13(8-15(18)19)10-3-4-10/h5-7,10,13H,3-4,8H2,1-2H3,(H,18,19). The van der Waals surface area contributed by atoms with E-state index >= 15 is 0 Å². The van der Waals surface area contributed by atoms with Gasteiger partial charge in [0.1, 0.15) is 0 Å². The van der Waals surface area contributed by atoms with Crippen molar-refractivity contribution in [3.05, 3.63) is 29.5 Å². The Morgan fingerprint density at radius 1 is 1.53 bits per heavy atom. The summed E-state index contributed by atoms with van der Waals surface area (Å²) in [4.78, 5) is 11.0. The maximum Gasteiger partial charge on any atom is 0.303 e. The van der Waals surface area contributed by atoms with Gasteiger partial charge in [-0.05, 0) is 49.3 Å². The van der Waals surface area contributed by atoms with Gasteiger partial charge >= 0.3 is 5.97 Å². The highest BCUT2D eigenvalue weighted by Gasteiger charge is 2.33. The van der Waals surface area contributed by atoms with E-state index < -0.39 is 5.97 Å². The lowest BCUT2D eigenvalue weighted by atomic mass is 9.90. The van der Waals surface area contributed by atoms with Crippen LogP contribution in [0.3, 0.4) is 0 Å². The maximum atomic E-state index is 11.0. The quantitative estimate of drug-likeness (QED) is 0.917. The highest BCUT2D eigenvalue weighted by Crippen LogP contribution is 2.45. The van der Waals surface area contributed by atoms with Crippen molar-refractivity contribution in [3.63, 3.8) is 0 Å². The summed E-state index contributed by atoms with van der Waals surface area (Å²) in [5.41, 5.74) is 3.25. The predicted octanol–water partition coefficient (Wildman–Crippen LogP) is 2.85. The number of benzene rings is 1. The highest BCUT2D eigenvalue weighted by molar-refractivity contribution is 5.83. The van der Waals surface area contributed by atoms with E-state index in [4.69, 9.17) is 5.11 Å². The van der Waals surface area contributed by atoms with Crippen LogP contribution in [0.5, 0.6) is 0 Å². The average molecular weight is 258 g/mol. The van der Waals surface area contributed by atoms with E-state index in [1.54, 1.807) is 0 Å². The van der Waals surface area contributed by atoms with Gasteiger partial charge in [0.25, 0.3) is 0 Å². The van der Waals surface area contributed by atoms with Gasteiger partial charge in [-0.2, -0.15) is 5.10 Å². The number of fused-ring (bicyclic) bond motifs is 1. The first kappa shape index (κ1) is 12.2. The van der Waals surface area contributed by atoms with Crippen LogP contribution >= 0.6 is 0 Å². The van der Waals surface area contributed by atoms with Gasteiger partial charge in [-0.3, -0.25) is 9.48 Å². The van der Waals surface area contributed by atoms with Gasteiger partial charge < -0.3 is 5.11 Å². The zero-order valence-corrected chi connectivity index (χ0v) is 11.3. The Balaban J connectivity index is 2.03. The van der Waals surface area contributed by atoms with Crippen molar-refractivity contribution in [3.8, 4) is 0 Å². The van der Waals surface area contributed by atoms with Crippen molar-refractivity contribution in [1.29, 1.82) is 0 Å². The number of nitrogens with zero attached hydrogens (tertiary/aromatic N) is 2. The number of carbonyl (C=O) groups is 1. The number of aliphatic carboxylic acids is 1. The summed E-state index contributed by atoms with van der Waals surface area (Å²) in [5.74, 6) is -0.00746. The molecule has 4 heteroatoms. The first-order valence-electron chi connectivity index (χ1n) is 6.71. The molecule has 2 aromatic rings. The second-order valence-corrected chi connectivity index (χ2v) is 5.53. The smallest absolute Gasteiger partial charge is 0.303 e. The summed E-state index contributed by atoms with van der Waals surface area (Å²) in [6.07, 6.45) is 2.54. The fraction of sp³-hybridized carbons (Fsp3) is 0.467. The molecule has 100 valence electrons. The summed E-state index contributed by atoms with van der Waals surface area (Å²) in [7, 11) is 1.94. The Hall–Kier alpha value is -1.84. The second-order valence-electron chi connectivity index (χ2n) is 5.53. The van der Waals surface area contributed by atoms with E-state index in [0.717, 1.165) is 35.0 Å².